The fourth-order valence-electron chi connectivity index (χ4n) is 1.59. The number of nitro benzene ring substituents is 1. The number of nitrogens with two attached hydrogens (primary N) is 1. The van der Waals surface area contributed by atoms with Crippen LogP contribution >= 0.6 is 0 Å². The number of anilines is 1. The Kier molecular flexibility index (Phi) is 4.84. The van der Waals surface area contributed by atoms with Crippen LogP contribution in [0.2, 0.25) is 0 Å². The van der Waals surface area contributed by atoms with Crippen LogP contribution < -0.4 is 11.1 Å². The van der Waals surface area contributed by atoms with E-state index in [9.17, 15) is 18.5 Å². The van der Waals surface area contributed by atoms with Crippen LogP contribution in [0.15, 0.2) is 23.1 Å². The van der Waals surface area contributed by atoms with Crippen molar-refractivity contribution in [1.82, 2.24) is 0 Å². The minimum Gasteiger partial charge on any atom is -0.379 e. The Morgan fingerprint density at radius 2 is 2.11 bits per heavy atom. The highest BCUT2D eigenvalue weighted by Crippen LogP contribution is 2.31. The maximum Gasteiger partial charge on any atom is 0.310 e. The monoisotopic (exact) mass is 287 g/mol. The second kappa shape index (κ2) is 5.98. The van der Waals surface area contributed by atoms with E-state index in [2.05, 4.69) is 5.32 Å². The van der Waals surface area contributed by atoms with E-state index in [0.717, 1.165) is 6.26 Å². The van der Waals surface area contributed by atoms with E-state index in [1.807, 2.05) is 6.92 Å². The van der Waals surface area contributed by atoms with Gasteiger partial charge in [-0.25, -0.2) is 8.42 Å². The second-order valence-electron chi connectivity index (χ2n) is 4.37. The number of hydrogen-bond donors (Lipinski definition) is 2. The topological polar surface area (TPSA) is 115 Å². The fourth-order valence-corrected chi connectivity index (χ4v) is 2.45. The zero-order chi connectivity index (χ0) is 14.6. The normalized spacial score (nSPS) is 13.0. The maximum atomic E-state index is 11.5. The molecule has 0 radical (unpaired) electrons. The van der Waals surface area contributed by atoms with Crippen LogP contribution in [0.1, 0.15) is 13.3 Å². The largest absolute Gasteiger partial charge is 0.379 e. The van der Waals surface area contributed by atoms with Crippen LogP contribution in [0.3, 0.4) is 0 Å². The molecule has 0 bridgehead atoms. The van der Waals surface area contributed by atoms with E-state index in [0.29, 0.717) is 13.0 Å². The molecule has 1 rings (SSSR count). The van der Waals surface area contributed by atoms with Gasteiger partial charge in [0.1, 0.15) is 10.6 Å². The van der Waals surface area contributed by atoms with Gasteiger partial charge in [-0.05, 0) is 25.5 Å². The summed E-state index contributed by atoms with van der Waals surface area (Å²) >= 11 is 0. The maximum absolute atomic E-state index is 11.5. The highest BCUT2D eigenvalue weighted by Gasteiger charge is 2.25. The van der Waals surface area contributed by atoms with Gasteiger partial charge in [0.2, 0.25) is 0 Å². The van der Waals surface area contributed by atoms with Crippen molar-refractivity contribution in [1.29, 1.82) is 0 Å². The van der Waals surface area contributed by atoms with Crippen molar-refractivity contribution < 1.29 is 13.3 Å². The first-order chi connectivity index (χ1) is 8.73. The number of nitro groups is 1. The Bertz CT molecular complexity index is 569. The summed E-state index contributed by atoms with van der Waals surface area (Å²) in [5, 5.41) is 13.9. The van der Waals surface area contributed by atoms with Crippen molar-refractivity contribution in [2.24, 2.45) is 5.73 Å². The summed E-state index contributed by atoms with van der Waals surface area (Å²) < 4.78 is 23.1. The van der Waals surface area contributed by atoms with Crippen LogP contribution in [-0.4, -0.2) is 32.2 Å². The third kappa shape index (κ3) is 4.18. The first-order valence-corrected chi connectivity index (χ1v) is 7.59. The molecule has 19 heavy (non-hydrogen) atoms. The zero-order valence-electron chi connectivity index (χ0n) is 10.8. The first kappa shape index (κ1) is 15.4. The van der Waals surface area contributed by atoms with Crippen LogP contribution in [0.4, 0.5) is 11.4 Å². The molecule has 7 nitrogen and oxygen atoms in total. The summed E-state index contributed by atoms with van der Waals surface area (Å²) in [4.78, 5) is 10.1. The van der Waals surface area contributed by atoms with Gasteiger partial charge in [0.05, 0.1) is 4.92 Å². The van der Waals surface area contributed by atoms with E-state index >= 15 is 0 Å². The number of rotatable bonds is 6. The standard InChI is InChI=1S/C11H17N3O4S/c1-8(12)6-7-13-9-4-3-5-10(19(2,17)18)11(9)14(15)16/h3-5,8,13H,6-7,12H2,1-2H3. The van der Waals surface area contributed by atoms with E-state index in [1.54, 1.807) is 0 Å². The molecule has 106 valence electrons. The molecule has 1 unspecified atom stereocenters. The number of nitrogens with zero attached hydrogens (tertiary/aromatic N) is 1. The quantitative estimate of drug-likeness (QED) is 0.599. The second-order valence-corrected chi connectivity index (χ2v) is 6.36. The first-order valence-electron chi connectivity index (χ1n) is 5.70. The third-order valence-electron chi connectivity index (χ3n) is 2.50. The zero-order valence-corrected chi connectivity index (χ0v) is 11.6. The molecular formula is C11H17N3O4S. The average Bonchev–Trinajstić information content (AvgIpc) is 2.26. The highest BCUT2D eigenvalue weighted by molar-refractivity contribution is 7.90. The Morgan fingerprint density at radius 3 is 2.58 bits per heavy atom. The van der Waals surface area contributed by atoms with Gasteiger partial charge >= 0.3 is 5.69 Å². The Hall–Kier alpha value is -1.67. The van der Waals surface area contributed by atoms with Crippen LogP contribution in [0.5, 0.6) is 0 Å². The minimum atomic E-state index is -3.65. The van der Waals surface area contributed by atoms with Crippen molar-refractivity contribution in [3.05, 3.63) is 28.3 Å². The van der Waals surface area contributed by atoms with Gasteiger partial charge in [-0.3, -0.25) is 10.1 Å². The summed E-state index contributed by atoms with van der Waals surface area (Å²) in [6.07, 6.45) is 1.57. The predicted octanol–water partition coefficient (Wildman–Crippen LogP) is 1.15. The number of hydrogen-bond acceptors (Lipinski definition) is 6. The smallest absolute Gasteiger partial charge is 0.310 e. The number of nitrogens with one attached hydrogen (secondary N) is 1. The molecule has 0 amide bonds. The van der Waals surface area contributed by atoms with Gasteiger partial charge in [-0.2, -0.15) is 0 Å². The summed E-state index contributed by atoms with van der Waals surface area (Å²) in [5.74, 6) is 0. The van der Waals surface area contributed by atoms with Crippen molar-refractivity contribution >= 4 is 21.2 Å². The Morgan fingerprint density at radius 1 is 1.47 bits per heavy atom. The highest BCUT2D eigenvalue weighted by atomic mass is 32.2. The Labute approximate surface area is 111 Å². The average molecular weight is 287 g/mol. The van der Waals surface area contributed by atoms with E-state index in [1.165, 1.54) is 18.2 Å². The molecular weight excluding hydrogens is 270 g/mol. The number of sulfone groups is 1. The molecule has 0 aliphatic heterocycles. The third-order valence-corrected chi connectivity index (χ3v) is 3.62. The number of benzene rings is 1. The lowest BCUT2D eigenvalue weighted by Gasteiger charge is -2.10. The molecule has 0 aliphatic carbocycles. The molecule has 0 spiro atoms. The van der Waals surface area contributed by atoms with Crippen LogP contribution in [-0.2, 0) is 9.84 Å². The van der Waals surface area contributed by atoms with E-state index in [4.69, 9.17) is 5.73 Å². The minimum absolute atomic E-state index is 0.0374. The molecule has 1 aromatic carbocycles. The Balaban J connectivity index is 3.15. The number of para-hydroxylation sites is 1. The summed E-state index contributed by atoms with van der Waals surface area (Å²) in [6.45, 7) is 2.26. The molecule has 0 fully saturated rings. The van der Waals surface area contributed by atoms with Crippen molar-refractivity contribution in [2.75, 3.05) is 18.1 Å². The van der Waals surface area contributed by atoms with Crippen molar-refractivity contribution in [3.63, 3.8) is 0 Å². The van der Waals surface area contributed by atoms with Gasteiger partial charge in [-0.15, -0.1) is 0 Å². The predicted molar refractivity (Wildman–Crippen MR) is 73.0 cm³/mol. The van der Waals surface area contributed by atoms with Gasteiger partial charge < -0.3 is 11.1 Å². The molecule has 0 aliphatic rings. The van der Waals surface area contributed by atoms with Gasteiger partial charge in [0.25, 0.3) is 0 Å². The van der Waals surface area contributed by atoms with Gasteiger partial charge in [0.15, 0.2) is 9.84 Å². The molecule has 0 heterocycles. The molecule has 1 atom stereocenters. The summed E-state index contributed by atoms with van der Waals surface area (Å²) in [6, 6.07) is 4.14. The van der Waals surface area contributed by atoms with Crippen LogP contribution in [0, 0.1) is 10.1 Å². The lowest BCUT2D eigenvalue weighted by atomic mass is 10.2. The molecule has 0 saturated carbocycles. The van der Waals surface area contributed by atoms with Crippen LogP contribution in [0.25, 0.3) is 0 Å². The fraction of sp³-hybridized carbons (Fsp3) is 0.455. The van der Waals surface area contributed by atoms with Crippen molar-refractivity contribution in [2.45, 2.75) is 24.3 Å². The van der Waals surface area contributed by atoms with E-state index < -0.39 is 20.4 Å². The lowest BCUT2D eigenvalue weighted by molar-refractivity contribution is -0.386. The molecule has 1 aromatic rings. The van der Waals surface area contributed by atoms with Gasteiger partial charge in [-0.1, -0.05) is 6.07 Å². The SMILES string of the molecule is CC(N)CCNc1cccc(S(C)(=O)=O)c1[N+](=O)[O-]. The van der Waals surface area contributed by atoms with E-state index in [-0.39, 0.29) is 16.6 Å². The molecule has 0 saturated heterocycles. The van der Waals surface area contributed by atoms with Gasteiger partial charge in [0, 0.05) is 18.8 Å². The van der Waals surface area contributed by atoms with Crippen molar-refractivity contribution in [3.8, 4) is 0 Å². The molecule has 8 heteroatoms. The molecule has 0 aromatic heterocycles. The summed E-state index contributed by atoms with van der Waals surface area (Å²) in [5.41, 5.74) is 5.35. The molecule has 3 N–H and O–H groups in total. The summed E-state index contributed by atoms with van der Waals surface area (Å²) in [7, 11) is -3.65. The lowest BCUT2D eigenvalue weighted by Crippen LogP contribution is -2.19.